The monoisotopic (exact) mass is 328 g/mol. The van der Waals surface area contributed by atoms with E-state index in [1.807, 2.05) is 0 Å². The van der Waals surface area contributed by atoms with E-state index >= 15 is 0 Å². The predicted molar refractivity (Wildman–Crippen MR) is 77.3 cm³/mol. The number of fused-ring (bicyclic) bond motifs is 1. The van der Waals surface area contributed by atoms with Crippen LogP contribution in [-0.2, 0) is 16.0 Å². The predicted octanol–water partition coefficient (Wildman–Crippen LogP) is 2.65. The summed E-state index contributed by atoms with van der Waals surface area (Å²) >= 11 is 0. The fourth-order valence-electron chi connectivity index (χ4n) is 2.68. The molecule has 1 aliphatic rings. The largest absolute Gasteiger partial charge is 0.497 e. The molecule has 0 saturated heterocycles. The number of rotatable bonds is 6. The molecule has 0 aliphatic heterocycles. The van der Waals surface area contributed by atoms with Crippen LogP contribution in [0.3, 0.4) is 0 Å². The Bertz CT molecular complexity index is 629. The van der Waals surface area contributed by atoms with Gasteiger partial charge in [-0.1, -0.05) is 6.92 Å². The lowest BCUT2D eigenvalue weighted by molar-refractivity contribution is -0.160. The molecule has 1 unspecified atom stereocenters. The maximum absolute atomic E-state index is 13.7. The second-order valence-corrected chi connectivity index (χ2v) is 5.28. The second-order valence-electron chi connectivity index (χ2n) is 5.28. The van der Waals surface area contributed by atoms with Crippen molar-refractivity contribution >= 4 is 11.8 Å². The van der Waals surface area contributed by atoms with Crippen molar-refractivity contribution in [2.24, 2.45) is 5.41 Å². The first-order valence-corrected chi connectivity index (χ1v) is 7.17. The van der Waals surface area contributed by atoms with E-state index in [9.17, 15) is 18.4 Å². The van der Waals surface area contributed by atoms with Crippen molar-refractivity contribution in [2.75, 3.05) is 20.8 Å². The second kappa shape index (κ2) is 6.52. The van der Waals surface area contributed by atoms with Crippen LogP contribution in [0.15, 0.2) is 12.1 Å². The maximum Gasteiger partial charge on any atom is 0.326 e. The molecule has 1 aliphatic carbocycles. The highest BCUT2D eigenvalue weighted by Gasteiger charge is 2.60. The first kappa shape index (κ1) is 17.2. The van der Waals surface area contributed by atoms with E-state index in [1.54, 1.807) is 6.92 Å². The van der Waals surface area contributed by atoms with Gasteiger partial charge in [0.15, 0.2) is 11.2 Å². The summed E-state index contributed by atoms with van der Waals surface area (Å²) in [4.78, 5) is 24.8. The summed E-state index contributed by atoms with van der Waals surface area (Å²) in [6, 6.07) is 2.89. The van der Waals surface area contributed by atoms with Gasteiger partial charge in [-0.15, -0.1) is 0 Å². The quantitative estimate of drug-likeness (QED) is 0.593. The Balaban J connectivity index is 2.53. The van der Waals surface area contributed by atoms with Crippen molar-refractivity contribution in [1.82, 2.24) is 0 Å². The van der Waals surface area contributed by atoms with Crippen molar-refractivity contribution in [3.8, 4) is 11.5 Å². The molecule has 0 fully saturated rings. The van der Waals surface area contributed by atoms with Gasteiger partial charge in [-0.3, -0.25) is 9.59 Å². The van der Waals surface area contributed by atoms with E-state index in [1.165, 1.54) is 26.4 Å². The summed E-state index contributed by atoms with van der Waals surface area (Å²) in [5, 5.41) is 0. The Labute approximate surface area is 132 Å². The van der Waals surface area contributed by atoms with Gasteiger partial charge in [0, 0.05) is 12.5 Å². The number of carbonyl (C=O) groups is 2. The molecule has 0 amide bonds. The van der Waals surface area contributed by atoms with Gasteiger partial charge in [-0.05, 0) is 18.1 Å². The van der Waals surface area contributed by atoms with Crippen LogP contribution in [-0.4, -0.2) is 39.0 Å². The summed E-state index contributed by atoms with van der Waals surface area (Å²) in [5.41, 5.74) is -2.24. The zero-order chi connectivity index (χ0) is 17.2. The van der Waals surface area contributed by atoms with E-state index in [-0.39, 0.29) is 17.9 Å². The molecule has 126 valence electrons. The van der Waals surface area contributed by atoms with E-state index in [0.29, 0.717) is 17.7 Å². The van der Waals surface area contributed by atoms with Crippen LogP contribution in [0.25, 0.3) is 0 Å². The lowest BCUT2D eigenvalue weighted by atomic mass is 9.84. The van der Waals surface area contributed by atoms with Crippen molar-refractivity contribution in [3.05, 3.63) is 23.3 Å². The first-order valence-electron chi connectivity index (χ1n) is 7.17. The average Bonchev–Trinajstić information content (AvgIpc) is 2.85. The number of benzene rings is 1. The standard InChI is InChI=1S/C16H18F2O5/c1-4-5-23-15(20)16(14(17)18)8-9-6-10(21-2)7-11(22-3)12(9)13(16)19/h6-7,14H,4-5,8H2,1-3H3. The number of Topliss-reactive ketones (excluding diaryl/α,β-unsaturated/α-hetero) is 1. The Morgan fingerprint density at radius 2 is 2.00 bits per heavy atom. The summed E-state index contributed by atoms with van der Waals surface area (Å²) in [5.74, 6) is -1.70. The summed E-state index contributed by atoms with van der Waals surface area (Å²) in [6.07, 6.45) is -3.14. The van der Waals surface area contributed by atoms with Crippen molar-refractivity contribution in [3.63, 3.8) is 0 Å². The van der Waals surface area contributed by atoms with Gasteiger partial charge in [0.2, 0.25) is 0 Å². The number of methoxy groups -OCH3 is 2. The Kier molecular flexibility index (Phi) is 4.87. The van der Waals surface area contributed by atoms with E-state index in [4.69, 9.17) is 14.2 Å². The Hall–Kier alpha value is -2.18. The molecule has 0 radical (unpaired) electrons. The summed E-state index contributed by atoms with van der Waals surface area (Å²) in [6.45, 7) is 1.72. The Morgan fingerprint density at radius 3 is 2.52 bits per heavy atom. The first-order chi connectivity index (χ1) is 10.9. The Morgan fingerprint density at radius 1 is 1.30 bits per heavy atom. The molecule has 1 atom stereocenters. The van der Waals surface area contributed by atoms with Crippen molar-refractivity contribution in [2.45, 2.75) is 26.2 Å². The van der Waals surface area contributed by atoms with Crippen LogP contribution < -0.4 is 9.47 Å². The minimum atomic E-state index is -3.18. The molecule has 0 heterocycles. The van der Waals surface area contributed by atoms with Gasteiger partial charge >= 0.3 is 5.97 Å². The number of carbonyl (C=O) groups excluding carboxylic acids is 2. The molecule has 0 saturated carbocycles. The highest BCUT2D eigenvalue weighted by molar-refractivity contribution is 6.18. The molecule has 1 aromatic carbocycles. The molecule has 5 nitrogen and oxygen atoms in total. The number of ether oxygens (including phenoxy) is 3. The molecule has 23 heavy (non-hydrogen) atoms. The normalized spacial score (nSPS) is 19.7. The van der Waals surface area contributed by atoms with Gasteiger partial charge in [-0.25, -0.2) is 8.78 Å². The highest BCUT2D eigenvalue weighted by Crippen LogP contribution is 2.47. The van der Waals surface area contributed by atoms with Crippen LogP contribution in [0.5, 0.6) is 11.5 Å². The smallest absolute Gasteiger partial charge is 0.326 e. The lowest BCUT2D eigenvalue weighted by Gasteiger charge is -2.24. The van der Waals surface area contributed by atoms with Crippen molar-refractivity contribution in [1.29, 1.82) is 0 Å². The van der Waals surface area contributed by atoms with Crippen molar-refractivity contribution < 1.29 is 32.6 Å². The van der Waals surface area contributed by atoms with Crippen LogP contribution >= 0.6 is 0 Å². The number of alkyl halides is 2. The number of hydrogen-bond acceptors (Lipinski definition) is 5. The molecule has 0 bridgehead atoms. The molecule has 0 aromatic heterocycles. The summed E-state index contributed by atoms with van der Waals surface area (Å²) < 4.78 is 42.5. The third kappa shape index (κ3) is 2.64. The number of hydrogen-bond donors (Lipinski definition) is 0. The lowest BCUT2D eigenvalue weighted by Crippen LogP contribution is -2.45. The SMILES string of the molecule is CCCOC(=O)C1(C(F)F)Cc2cc(OC)cc(OC)c2C1=O. The van der Waals surface area contributed by atoms with E-state index < -0.39 is 30.0 Å². The molecule has 1 aromatic rings. The highest BCUT2D eigenvalue weighted by atomic mass is 19.3. The zero-order valence-corrected chi connectivity index (χ0v) is 13.2. The molecular formula is C16H18F2O5. The third-order valence-electron chi connectivity index (χ3n) is 3.89. The van der Waals surface area contributed by atoms with Gasteiger partial charge in [-0.2, -0.15) is 0 Å². The van der Waals surface area contributed by atoms with Crippen LogP contribution in [0.1, 0.15) is 29.3 Å². The van der Waals surface area contributed by atoms with Crippen LogP contribution in [0.2, 0.25) is 0 Å². The zero-order valence-electron chi connectivity index (χ0n) is 13.2. The summed E-state index contributed by atoms with van der Waals surface area (Å²) in [7, 11) is 2.73. The number of esters is 1. The number of ketones is 1. The van der Waals surface area contributed by atoms with Gasteiger partial charge < -0.3 is 14.2 Å². The average molecular weight is 328 g/mol. The molecular weight excluding hydrogens is 310 g/mol. The fourth-order valence-corrected chi connectivity index (χ4v) is 2.68. The van der Waals surface area contributed by atoms with E-state index in [2.05, 4.69) is 0 Å². The fraction of sp³-hybridized carbons (Fsp3) is 0.500. The minimum absolute atomic E-state index is 0.0120. The molecule has 0 N–H and O–H groups in total. The van der Waals surface area contributed by atoms with Crippen LogP contribution in [0, 0.1) is 5.41 Å². The molecule has 0 spiro atoms. The topological polar surface area (TPSA) is 61.8 Å². The van der Waals surface area contributed by atoms with Gasteiger partial charge in [0.25, 0.3) is 6.43 Å². The third-order valence-corrected chi connectivity index (χ3v) is 3.89. The van der Waals surface area contributed by atoms with E-state index in [0.717, 1.165) is 0 Å². The molecule has 7 heteroatoms. The maximum atomic E-state index is 13.7. The minimum Gasteiger partial charge on any atom is -0.497 e. The number of halogens is 2. The van der Waals surface area contributed by atoms with Gasteiger partial charge in [0.1, 0.15) is 11.5 Å². The molecule has 2 rings (SSSR count). The van der Waals surface area contributed by atoms with Crippen LogP contribution in [0.4, 0.5) is 8.78 Å². The van der Waals surface area contributed by atoms with Gasteiger partial charge in [0.05, 0.1) is 26.4 Å².